The summed E-state index contributed by atoms with van der Waals surface area (Å²) >= 11 is 0. The second-order valence-electron chi connectivity index (χ2n) is 8.67. The van der Waals surface area contributed by atoms with E-state index in [1.165, 1.54) is 27.1 Å². The highest BCUT2D eigenvalue weighted by atomic mass is 16.5. The van der Waals surface area contributed by atoms with Crippen molar-refractivity contribution in [3.63, 3.8) is 0 Å². The maximum Gasteiger partial charge on any atom is 0.134 e. The number of benzene rings is 3. The van der Waals surface area contributed by atoms with Crippen molar-refractivity contribution in [3.8, 4) is 5.75 Å². The first-order valence-electron chi connectivity index (χ1n) is 9.03. The van der Waals surface area contributed by atoms with Gasteiger partial charge in [-0.15, -0.1) is 0 Å². The molecule has 0 N–H and O–H groups in total. The predicted octanol–water partition coefficient (Wildman–Crippen LogP) is 5.71. The molecule has 0 aliphatic carbocycles. The van der Waals surface area contributed by atoms with Gasteiger partial charge in [0.2, 0.25) is 0 Å². The number of hydrogen-bond acceptors (Lipinski definition) is 2. The van der Waals surface area contributed by atoms with Crippen LogP contribution in [0.15, 0.2) is 48.5 Å². The molecule has 0 atom stereocenters. The highest BCUT2D eigenvalue weighted by Crippen LogP contribution is 2.40. The SMILES string of the molecule is CC1(COc2c3ccccc3cc3c(C(C)(C)C)cccc23)COC1. The fourth-order valence-electron chi connectivity index (χ4n) is 3.64. The molecule has 25 heavy (non-hydrogen) atoms. The van der Waals surface area contributed by atoms with E-state index in [4.69, 9.17) is 9.47 Å². The largest absolute Gasteiger partial charge is 0.492 e. The number of fused-ring (bicyclic) bond motifs is 2. The van der Waals surface area contributed by atoms with Crippen LogP contribution in [-0.2, 0) is 10.2 Å². The lowest BCUT2D eigenvalue weighted by atomic mass is 9.83. The number of ether oxygens (including phenoxy) is 2. The van der Waals surface area contributed by atoms with Crippen molar-refractivity contribution in [2.75, 3.05) is 19.8 Å². The monoisotopic (exact) mass is 334 g/mol. The van der Waals surface area contributed by atoms with Crippen molar-refractivity contribution in [3.05, 3.63) is 54.1 Å². The molecule has 3 aromatic rings. The molecule has 0 aromatic heterocycles. The summed E-state index contributed by atoms with van der Waals surface area (Å²) in [6.45, 7) is 11.3. The van der Waals surface area contributed by atoms with Crippen LogP contribution < -0.4 is 4.74 Å². The minimum atomic E-state index is 0.0903. The van der Waals surface area contributed by atoms with E-state index in [0.717, 1.165) is 19.0 Å². The Kier molecular flexibility index (Phi) is 3.77. The van der Waals surface area contributed by atoms with Gasteiger partial charge in [-0.25, -0.2) is 0 Å². The van der Waals surface area contributed by atoms with E-state index in [2.05, 4.69) is 76.2 Å². The van der Waals surface area contributed by atoms with Crippen LogP contribution >= 0.6 is 0 Å². The lowest BCUT2D eigenvalue weighted by molar-refractivity contribution is -0.120. The Labute approximate surface area is 149 Å². The highest BCUT2D eigenvalue weighted by molar-refractivity contribution is 6.06. The van der Waals surface area contributed by atoms with E-state index < -0.39 is 0 Å². The molecule has 3 aromatic carbocycles. The van der Waals surface area contributed by atoms with Gasteiger partial charge in [0.15, 0.2) is 0 Å². The molecule has 4 rings (SSSR count). The topological polar surface area (TPSA) is 18.5 Å². The van der Waals surface area contributed by atoms with Crippen molar-refractivity contribution in [1.82, 2.24) is 0 Å². The maximum absolute atomic E-state index is 6.43. The summed E-state index contributed by atoms with van der Waals surface area (Å²) in [5, 5.41) is 4.91. The van der Waals surface area contributed by atoms with Crippen LogP contribution in [-0.4, -0.2) is 19.8 Å². The minimum Gasteiger partial charge on any atom is -0.492 e. The Balaban J connectivity index is 1.93. The van der Waals surface area contributed by atoms with Gasteiger partial charge in [-0.2, -0.15) is 0 Å². The van der Waals surface area contributed by atoms with Gasteiger partial charge < -0.3 is 9.47 Å². The zero-order chi connectivity index (χ0) is 17.7. The number of hydrogen-bond donors (Lipinski definition) is 0. The molecule has 130 valence electrons. The summed E-state index contributed by atoms with van der Waals surface area (Å²) < 4.78 is 11.8. The summed E-state index contributed by atoms with van der Waals surface area (Å²) in [6.07, 6.45) is 0. The Morgan fingerprint density at radius 1 is 0.960 bits per heavy atom. The molecule has 2 heteroatoms. The van der Waals surface area contributed by atoms with Crippen LogP contribution in [0.3, 0.4) is 0 Å². The van der Waals surface area contributed by atoms with Crippen LogP contribution in [0.4, 0.5) is 0 Å². The van der Waals surface area contributed by atoms with Gasteiger partial charge in [-0.05, 0) is 27.8 Å². The van der Waals surface area contributed by atoms with Crippen LogP contribution in [0.5, 0.6) is 5.75 Å². The molecular weight excluding hydrogens is 308 g/mol. The number of rotatable bonds is 3. The first kappa shape index (κ1) is 16.4. The van der Waals surface area contributed by atoms with Gasteiger partial charge in [0.05, 0.1) is 19.8 Å². The molecule has 1 fully saturated rings. The van der Waals surface area contributed by atoms with E-state index in [9.17, 15) is 0 Å². The Morgan fingerprint density at radius 3 is 2.36 bits per heavy atom. The summed E-state index contributed by atoms with van der Waals surface area (Å²) in [7, 11) is 0. The molecule has 0 radical (unpaired) electrons. The van der Waals surface area contributed by atoms with Crippen molar-refractivity contribution >= 4 is 21.5 Å². The van der Waals surface area contributed by atoms with Gasteiger partial charge in [-0.1, -0.05) is 70.2 Å². The molecule has 1 saturated heterocycles. The fourth-order valence-corrected chi connectivity index (χ4v) is 3.64. The fraction of sp³-hybridized carbons (Fsp3) is 0.391. The van der Waals surface area contributed by atoms with Gasteiger partial charge in [0.1, 0.15) is 5.75 Å². The third kappa shape index (κ3) is 2.89. The van der Waals surface area contributed by atoms with Gasteiger partial charge in [0.25, 0.3) is 0 Å². The summed E-state index contributed by atoms with van der Waals surface area (Å²) in [5.74, 6) is 1.01. The minimum absolute atomic E-state index is 0.0903. The average Bonchev–Trinajstić information content (AvgIpc) is 2.55. The Hall–Kier alpha value is -2.06. The predicted molar refractivity (Wildman–Crippen MR) is 105 cm³/mol. The van der Waals surface area contributed by atoms with Crippen molar-refractivity contribution < 1.29 is 9.47 Å². The molecule has 1 aliphatic heterocycles. The van der Waals surface area contributed by atoms with Crippen LogP contribution in [0.2, 0.25) is 0 Å². The Morgan fingerprint density at radius 2 is 1.68 bits per heavy atom. The second kappa shape index (κ2) is 5.74. The highest BCUT2D eigenvalue weighted by Gasteiger charge is 2.34. The molecular formula is C23H26O2. The first-order chi connectivity index (χ1) is 11.9. The summed E-state index contributed by atoms with van der Waals surface area (Å²) in [6, 6.07) is 17.4. The summed E-state index contributed by atoms with van der Waals surface area (Å²) in [5.41, 5.74) is 1.58. The lowest BCUT2D eigenvalue weighted by Gasteiger charge is -2.37. The molecule has 0 bridgehead atoms. The lowest BCUT2D eigenvalue weighted by Crippen LogP contribution is -2.44. The third-order valence-corrected chi connectivity index (χ3v) is 5.13. The molecule has 0 unspecified atom stereocenters. The van der Waals surface area contributed by atoms with E-state index in [1.54, 1.807) is 0 Å². The van der Waals surface area contributed by atoms with Crippen molar-refractivity contribution in [1.29, 1.82) is 0 Å². The van der Waals surface area contributed by atoms with Crippen molar-refractivity contribution in [2.45, 2.75) is 33.1 Å². The van der Waals surface area contributed by atoms with Crippen LogP contribution in [0, 0.1) is 5.41 Å². The van der Waals surface area contributed by atoms with E-state index in [0.29, 0.717) is 6.61 Å². The van der Waals surface area contributed by atoms with Crippen molar-refractivity contribution in [2.24, 2.45) is 5.41 Å². The molecule has 0 amide bonds. The summed E-state index contributed by atoms with van der Waals surface area (Å²) in [4.78, 5) is 0. The van der Waals surface area contributed by atoms with Crippen LogP contribution in [0.25, 0.3) is 21.5 Å². The molecule has 2 nitrogen and oxygen atoms in total. The molecule has 0 spiro atoms. The maximum atomic E-state index is 6.43. The van der Waals surface area contributed by atoms with E-state index >= 15 is 0 Å². The van der Waals surface area contributed by atoms with Crippen LogP contribution in [0.1, 0.15) is 33.3 Å². The standard InChI is InChI=1S/C23H26O2/c1-22(2,3)20-11-7-10-18-19(20)12-16-8-5-6-9-17(16)21(18)25-15-23(4)13-24-14-23/h5-12H,13-15H2,1-4H3. The van der Waals surface area contributed by atoms with Gasteiger partial charge in [0, 0.05) is 16.2 Å². The Bertz CT molecular complexity index is 930. The normalized spacial score (nSPS) is 16.8. The van der Waals surface area contributed by atoms with E-state index in [-0.39, 0.29) is 10.8 Å². The average molecular weight is 334 g/mol. The molecule has 1 heterocycles. The zero-order valence-corrected chi connectivity index (χ0v) is 15.6. The smallest absolute Gasteiger partial charge is 0.134 e. The van der Waals surface area contributed by atoms with Gasteiger partial charge in [-0.3, -0.25) is 0 Å². The first-order valence-corrected chi connectivity index (χ1v) is 9.03. The molecule has 0 saturated carbocycles. The second-order valence-corrected chi connectivity index (χ2v) is 8.67. The van der Waals surface area contributed by atoms with Gasteiger partial charge >= 0.3 is 0 Å². The third-order valence-electron chi connectivity index (χ3n) is 5.13. The van der Waals surface area contributed by atoms with E-state index in [1.807, 2.05) is 0 Å². The zero-order valence-electron chi connectivity index (χ0n) is 15.6. The molecule has 1 aliphatic rings. The quantitative estimate of drug-likeness (QED) is 0.572.